The van der Waals surface area contributed by atoms with Crippen LogP contribution in [-0.4, -0.2) is 11.0 Å². The van der Waals surface area contributed by atoms with Gasteiger partial charge in [0.1, 0.15) is 0 Å². The molecule has 0 unspecified atom stereocenters. The molecule has 25 heavy (non-hydrogen) atoms. The van der Waals surface area contributed by atoms with Gasteiger partial charge in [-0.15, -0.1) is 0 Å². The molecule has 0 aliphatic heterocycles. The van der Waals surface area contributed by atoms with Gasteiger partial charge in [0.2, 0.25) is 0 Å². The van der Waals surface area contributed by atoms with Gasteiger partial charge in [-0.2, -0.15) is 0 Å². The van der Waals surface area contributed by atoms with Crippen LogP contribution in [0.25, 0.3) is 21.7 Å². The molecule has 0 aliphatic carbocycles. The van der Waals surface area contributed by atoms with Crippen LogP contribution >= 0.6 is 0 Å². The monoisotopic (exact) mass is 327 g/mol. The van der Waals surface area contributed by atoms with Gasteiger partial charge in [-0.05, 0) is 24.4 Å². The molecule has 0 saturated carbocycles. The highest BCUT2D eigenvalue weighted by Gasteiger charge is 2.10. The summed E-state index contributed by atoms with van der Waals surface area (Å²) in [7, 11) is 0. The third-order valence-corrected chi connectivity index (χ3v) is 4.25. The van der Waals surface area contributed by atoms with Crippen molar-refractivity contribution in [2.75, 3.05) is 5.32 Å². The first-order chi connectivity index (χ1) is 12.1. The van der Waals surface area contributed by atoms with Crippen LogP contribution in [0.5, 0.6) is 0 Å². The molecule has 0 radical (unpaired) electrons. The van der Waals surface area contributed by atoms with E-state index < -0.39 is 5.97 Å². The van der Waals surface area contributed by atoms with E-state index in [4.69, 9.17) is 4.98 Å². The summed E-state index contributed by atoms with van der Waals surface area (Å²) in [5, 5.41) is 17.7. The first-order valence-electron chi connectivity index (χ1n) is 8.00. The molecule has 0 fully saturated rings. The summed E-state index contributed by atoms with van der Waals surface area (Å²) < 4.78 is 0. The molecule has 0 spiro atoms. The molecule has 4 aromatic rings. The minimum atomic E-state index is -1.20. The van der Waals surface area contributed by atoms with Gasteiger partial charge in [0.25, 0.3) is 0 Å². The third kappa shape index (κ3) is 2.68. The highest BCUT2D eigenvalue weighted by molar-refractivity contribution is 6.10. The number of para-hydroxylation sites is 1. The van der Waals surface area contributed by atoms with E-state index in [-0.39, 0.29) is 5.56 Å². The first-order valence-corrected chi connectivity index (χ1v) is 8.00. The number of anilines is 2. The number of hydrogen-bond donors (Lipinski definition) is 1. The Morgan fingerprint density at radius 2 is 1.68 bits per heavy atom. The Hall–Kier alpha value is -3.40. The smallest absolute Gasteiger partial charge is 0.0804 e. The highest BCUT2D eigenvalue weighted by Crippen LogP contribution is 2.32. The number of hydrogen-bond acceptors (Lipinski definition) is 4. The predicted octanol–water partition coefficient (Wildman–Crippen LogP) is 3.80. The fourth-order valence-electron chi connectivity index (χ4n) is 3.11. The van der Waals surface area contributed by atoms with Crippen LogP contribution in [-0.2, 0) is 0 Å². The van der Waals surface area contributed by atoms with Gasteiger partial charge in [-0.25, -0.2) is 0 Å². The van der Waals surface area contributed by atoms with E-state index in [2.05, 4.69) is 11.4 Å². The van der Waals surface area contributed by atoms with Crippen molar-refractivity contribution in [1.29, 1.82) is 0 Å². The van der Waals surface area contributed by atoms with Crippen LogP contribution in [0.4, 0.5) is 11.4 Å². The minimum absolute atomic E-state index is 0.130. The Bertz CT molecular complexity index is 1120. The standard InChI is InChI=1S/C21H16N2O2/c1-13-12-19(23-18-9-5-4-8-17(18)21(24)25)16-11-10-14-6-2-3-7-15(14)20(16)22-13/h2-12H,1H3,(H,22,23)(H,24,25)/p-1. The maximum absolute atomic E-state index is 11.4. The average Bonchev–Trinajstić information content (AvgIpc) is 2.62. The molecule has 1 heterocycles. The lowest BCUT2D eigenvalue weighted by atomic mass is 10.0. The summed E-state index contributed by atoms with van der Waals surface area (Å²) in [6.07, 6.45) is 0. The summed E-state index contributed by atoms with van der Waals surface area (Å²) in [5.74, 6) is -1.20. The van der Waals surface area contributed by atoms with Crippen LogP contribution in [0.15, 0.2) is 66.7 Å². The Balaban J connectivity index is 1.94. The Labute approximate surface area is 144 Å². The van der Waals surface area contributed by atoms with Gasteiger partial charge >= 0.3 is 0 Å². The normalized spacial score (nSPS) is 10.9. The minimum Gasteiger partial charge on any atom is -0.545 e. The van der Waals surface area contributed by atoms with Crippen molar-refractivity contribution in [3.63, 3.8) is 0 Å². The average molecular weight is 327 g/mol. The van der Waals surface area contributed by atoms with Gasteiger partial charge in [0.15, 0.2) is 0 Å². The second kappa shape index (κ2) is 5.91. The van der Waals surface area contributed by atoms with E-state index in [1.54, 1.807) is 18.2 Å². The van der Waals surface area contributed by atoms with Crippen LogP contribution < -0.4 is 10.4 Å². The summed E-state index contributed by atoms with van der Waals surface area (Å²) >= 11 is 0. The van der Waals surface area contributed by atoms with Crippen LogP contribution in [0.2, 0.25) is 0 Å². The summed E-state index contributed by atoms with van der Waals surface area (Å²) in [4.78, 5) is 16.0. The van der Waals surface area contributed by atoms with Gasteiger partial charge in [-0.3, -0.25) is 4.98 Å². The zero-order valence-corrected chi connectivity index (χ0v) is 13.6. The molecule has 4 nitrogen and oxygen atoms in total. The van der Waals surface area contributed by atoms with Crippen molar-refractivity contribution in [3.05, 3.63) is 78.0 Å². The van der Waals surface area contributed by atoms with Crippen molar-refractivity contribution in [2.24, 2.45) is 0 Å². The first kappa shape index (κ1) is 15.1. The number of pyridine rings is 1. The summed E-state index contributed by atoms with van der Waals surface area (Å²) in [6.45, 7) is 1.93. The third-order valence-electron chi connectivity index (χ3n) is 4.25. The Kier molecular flexibility index (Phi) is 3.58. The molecule has 4 rings (SSSR count). The summed E-state index contributed by atoms with van der Waals surface area (Å²) in [5.41, 5.74) is 3.21. The van der Waals surface area contributed by atoms with Gasteiger partial charge in [-0.1, -0.05) is 54.6 Å². The van der Waals surface area contributed by atoms with Gasteiger partial charge in [0.05, 0.1) is 11.5 Å². The number of carboxylic acid groups (broad SMARTS) is 1. The maximum Gasteiger partial charge on any atom is 0.0804 e. The second-order valence-corrected chi connectivity index (χ2v) is 5.95. The predicted molar refractivity (Wildman–Crippen MR) is 98.0 cm³/mol. The number of carbonyl (C=O) groups is 1. The number of fused-ring (bicyclic) bond motifs is 3. The molecular formula is C21H15N2O2-. The van der Waals surface area contributed by atoms with Crippen LogP contribution in [0, 0.1) is 6.92 Å². The lowest BCUT2D eigenvalue weighted by Gasteiger charge is -2.15. The zero-order valence-electron chi connectivity index (χ0n) is 13.6. The molecule has 1 N–H and O–H groups in total. The molecule has 0 saturated heterocycles. The molecule has 0 atom stereocenters. The fourth-order valence-corrected chi connectivity index (χ4v) is 3.11. The van der Waals surface area contributed by atoms with E-state index in [1.165, 1.54) is 6.07 Å². The number of aromatic carboxylic acids is 1. The number of rotatable bonds is 3. The number of carbonyl (C=O) groups excluding carboxylic acids is 1. The van der Waals surface area contributed by atoms with Gasteiger partial charge < -0.3 is 15.2 Å². The topological polar surface area (TPSA) is 65.0 Å². The molecule has 0 aliphatic rings. The van der Waals surface area contributed by atoms with Crippen molar-refractivity contribution in [1.82, 2.24) is 4.98 Å². The van der Waals surface area contributed by atoms with E-state index >= 15 is 0 Å². The largest absolute Gasteiger partial charge is 0.545 e. The number of aromatic nitrogens is 1. The lowest BCUT2D eigenvalue weighted by molar-refractivity contribution is -0.254. The van der Waals surface area contributed by atoms with Crippen molar-refractivity contribution >= 4 is 39.0 Å². The molecule has 0 bridgehead atoms. The Morgan fingerprint density at radius 3 is 2.52 bits per heavy atom. The second-order valence-electron chi connectivity index (χ2n) is 5.95. The fraction of sp³-hybridized carbons (Fsp3) is 0.0476. The van der Waals surface area contributed by atoms with Gasteiger partial charge in [0, 0.05) is 33.4 Å². The quantitative estimate of drug-likeness (QED) is 0.581. The highest BCUT2D eigenvalue weighted by atomic mass is 16.4. The molecule has 4 heteroatoms. The number of nitrogens with one attached hydrogen (secondary N) is 1. The van der Waals surface area contributed by atoms with E-state index in [9.17, 15) is 9.90 Å². The molecular weight excluding hydrogens is 312 g/mol. The molecule has 1 aromatic heterocycles. The van der Waals surface area contributed by atoms with Crippen molar-refractivity contribution in [3.8, 4) is 0 Å². The van der Waals surface area contributed by atoms with Crippen molar-refractivity contribution in [2.45, 2.75) is 6.92 Å². The maximum atomic E-state index is 11.4. The van der Waals surface area contributed by atoms with E-state index in [0.29, 0.717) is 5.69 Å². The molecule has 3 aromatic carbocycles. The number of aryl methyl sites for hydroxylation is 1. The number of carboxylic acids is 1. The number of nitrogens with zero attached hydrogens (tertiary/aromatic N) is 1. The SMILES string of the molecule is Cc1cc(Nc2ccccc2C(=O)[O-])c2ccc3ccccc3c2n1. The summed E-state index contributed by atoms with van der Waals surface area (Å²) in [6, 6.07) is 20.8. The van der Waals surface area contributed by atoms with Crippen LogP contribution in [0.1, 0.15) is 16.1 Å². The van der Waals surface area contributed by atoms with Crippen molar-refractivity contribution < 1.29 is 9.90 Å². The Morgan fingerprint density at radius 1 is 0.920 bits per heavy atom. The zero-order chi connectivity index (χ0) is 17.4. The lowest BCUT2D eigenvalue weighted by Crippen LogP contribution is -2.23. The van der Waals surface area contributed by atoms with Crippen LogP contribution in [0.3, 0.4) is 0 Å². The number of benzene rings is 3. The molecule has 122 valence electrons. The van der Waals surface area contributed by atoms with E-state index in [1.807, 2.05) is 43.3 Å². The molecule has 0 amide bonds. The van der Waals surface area contributed by atoms with E-state index in [0.717, 1.165) is 33.1 Å².